The SMILES string of the molecule is CC/C=C\C/C=C\C/C=C\C/C=C\C/C=C\CCCCCCCCCCCCCCCCCCCCCCCCCCCC(=O)OC(CO)COC(=O)CCCCCCCCCCCCCCCCCCCCC/C=C\CCCCCCCCCC. The number of esters is 2. The van der Waals surface area contributed by atoms with Gasteiger partial charge in [0.25, 0.3) is 0 Å². The van der Waals surface area contributed by atoms with Gasteiger partial charge in [-0.25, -0.2) is 0 Å². The second kappa shape index (κ2) is 76.6. The van der Waals surface area contributed by atoms with E-state index in [-0.39, 0.29) is 25.2 Å². The van der Waals surface area contributed by atoms with Crippen molar-refractivity contribution < 1.29 is 24.2 Å². The predicted octanol–water partition coefficient (Wildman–Crippen LogP) is 27.0. The van der Waals surface area contributed by atoms with Crippen molar-refractivity contribution in [2.24, 2.45) is 0 Å². The fourth-order valence-corrected chi connectivity index (χ4v) is 11.8. The van der Waals surface area contributed by atoms with E-state index in [1.165, 1.54) is 315 Å². The maximum atomic E-state index is 12.4. The first-order valence-electron chi connectivity index (χ1n) is 38.5. The summed E-state index contributed by atoms with van der Waals surface area (Å²) in [6.07, 6.45) is 107. The molecule has 0 aliphatic heterocycles. The summed E-state index contributed by atoms with van der Waals surface area (Å²) >= 11 is 0. The highest BCUT2D eigenvalue weighted by atomic mass is 16.6. The Balaban J connectivity index is 3.38. The summed E-state index contributed by atoms with van der Waals surface area (Å²) in [5.41, 5.74) is 0. The van der Waals surface area contributed by atoms with Crippen LogP contribution >= 0.6 is 0 Å². The number of rotatable bonds is 72. The average molecular weight is 1200 g/mol. The van der Waals surface area contributed by atoms with Gasteiger partial charge >= 0.3 is 11.9 Å². The molecule has 1 unspecified atom stereocenters. The minimum atomic E-state index is -0.772. The molecule has 0 fully saturated rings. The molecule has 1 atom stereocenters. The number of hydrogen-bond donors (Lipinski definition) is 1. The third-order valence-electron chi connectivity index (χ3n) is 17.5. The van der Waals surface area contributed by atoms with Gasteiger partial charge in [0.2, 0.25) is 0 Å². The van der Waals surface area contributed by atoms with E-state index in [4.69, 9.17) is 9.47 Å². The molecule has 0 aromatic rings. The summed E-state index contributed by atoms with van der Waals surface area (Å²) in [6.45, 7) is 4.08. The van der Waals surface area contributed by atoms with Crippen LogP contribution in [0.2, 0.25) is 0 Å². The van der Waals surface area contributed by atoms with Gasteiger partial charge in [0.1, 0.15) is 6.61 Å². The highest BCUT2D eigenvalue weighted by Gasteiger charge is 2.16. The molecule has 0 saturated heterocycles. The molecule has 502 valence electrons. The molecule has 0 radical (unpaired) electrons. The minimum Gasteiger partial charge on any atom is -0.462 e. The van der Waals surface area contributed by atoms with Gasteiger partial charge in [0, 0.05) is 12.8 Å². The van der Waals surface area contributed by atoms with E-state index in [0.717, 1.165) is 70.6 Å². The van der Waals surface area contributed by atoms with Gasteiger partial charge in [-0.05, 0) is 83.5 Å². The van der Waals surface area contributed by atoms with Crippen molar-refractivity contribution >= 4 is 11.9 Å². The molecule has 86 heavy (non-hydrogen) atoms. The summed E-state index contributed by atoms with van der Waals surface area (Å²) in [7, 11) is 0. The largest absolute Gasteiger partial charge is 0.462 e. The number of aliphatic hydroxyl groups is 1. The first-order chi connectivity index (χ1) is 42.6. The van der Waals surface area contributed by atoms with E-state index in [1.54, 1.807) is 0 Å². The van der Waals surface area contributed by atoms with E-state index < -0.39 is 6.10 Å². The molecule has 0 bridgehead atoms. The molecular formula is C81H148O5. The maximum absolute atomic E-state index is 12.4. The van der Waals surface area contributed by atoms with Crippen molar-refractivity contribution in [2.45, 2.75) is 418 Å². The van der Waals surface area contributed by atoms with Crippen LogP contribution in [0.15, 0.2) is 72.9 Å². The zero-order chi connectivity index (χ0) is 61.9. The molecule has 5 nitrogen and oxygen atoms in total. The zero-order valence-corrected chi connectivity index (χ0v) is 57.8. The van der Waals surface area contributed by atoms with Gasteiger partial charge in [-0.2, -0.15) is 0 Å². The molecule has 0 aromatic heterocycles. The van der Waals surface area contributed by atoms with Gasteiger partial charge in [-0.3, -0.25) is 9.59 Å². The molecular weight excluding hydrogens is 1050 g/mol. The molecule has 5 heteroatoms. The molecule has 0 saturated carbocycles. The molecule has 0 spiro atoms. The molecule has 0 rings (SSSR count). The lowest BCUT2D eigenvalue weighted by Crippen LogP contribution is -2.28. The van der Waals surface area contributed by atoms with Gasteiger partial charge in [0.15, 0.2) is 6.10 Å². The third kappa shape index (κ3) is 73.8. The lowest BCUT2D eigenvalue weighted by molar-refractivity contribution is -0.161. The number of unbranched alkanes of at least 4 members (excludes halogenated alkanes) is 52. The van der Waals surface area contributed by atoms with Gasteiger partial charge < -0.3 is 14.6 Å². The lowest BCUT2D eigenvalue weighted by Gasteiger charge is -2.15. The van der Waals surface area contributed by atoms with Crippen LogP contribution in [0.1, 0.15) is 412 Å². The fourth-order valence-electron chi connectivity index (χ4n) is 11.8. The van der Waals surface area contributed by atoms with Crippen LogP contribution in [0.25, 0.3) is 0 Å². The quantitative estimate of drug-likeness (QED) is 0.0373. The third-order valence-corrected chi connectivity index (χ3v) is 17.5. The van der Waals surface area contributed by atoms with Crippen molar-refractivity contribution in [3.63, 3.8) is 0 Å². The van der Waals surface area contributed by atoms with Crippen LogP contribution in [0, 0.1) is 0 Å². The van der Waals surface area contributed by atoms with Gasteiger partial charge in [0.05, 0.1) is 6.61 Å². The van der Waals surface area contributed by atoms with Crippen molar-refractivity contribution in [2.75, 3.05) is 13.2 Å². The van der Waals surface area contributed by atoms with Crippen LogP contribution in [0.3, 0.4) is 0 Å². The van der Waals surface area contributed by atoms with E-state index in [1.807, 2.05) is 0 Å². The van der Waals surface area contributed by atoms with Crippen LogP contribution in [0.4, 0.5) is 0 Å². The summed E-state index contributed by atoms with van der Waals surface area (Å²) in [5, 5.41) is 9.72. The van der Waals surface area contributed by atoms with E-state index >= 15 is 0 Å². The number of carbonyl (C=O) groups excluding carboxylic acids is 2. The van der Waals surface area contributed by atoms with Crippen LogP contribution in [-0.4, -0.2) is 36.4 Å². The summed E-state index contributed by atoms with van der Waals surface area (Å²) in [6, 6.07) is 0. The Morgan fingerprint density at radius 1 is 0.279 bits per heavy atom. The number of allylic oxidation sites excluding steroid dienone is 12. The smallest absolute Gasteiger partial charge is 0.306 e. The van der Waals surface area contributed by atoms with Crippen LogP contribution in [0.5, 0.6) is 0 Å². The Morgan fingerprint density at radius 3 is 0.767 bits per heavy atom. The van der Waals surface area contributed by atoms with Crippen LogP contribution < -0.4 is 0 Å². The monoisotopic (exact) mass is 1200 g/mol. The number of ether oxygens (including phenoxy) is 2. The molecule has 0 heterocycles. The van der Waals surface area contributed by atoms with Crippen molar-refractivity contribution in [1.82, 2.24) is 0 Å². The van der Waals surface area contributed by atoms with Crippen molar-refractivity contribution in [3.05, 3.63) is 72.9 Å². The fraction of sp³-hybridized carbons (Fsp3) is 0.827. The Morgan fingerprint density at radius 2 is 0.500 bits per heavy atom. The summed E-state index contributed by atoms with van der Waals surface area (Å²) in [4.78, 5) is 24.7. The Hall–Kier alpha value is -2.66. The molecule has 1 N–H and O–H groups in total. The molecule has 0 aliphatic rings. The Kier molecular flexibility index (Phi) is 74.2. The predicted molar refractivity (Wildman–Crippen MR) is 380 cm³/mol. The molecule has 0 aliphatic carbocycles. The first kappa shape index (κ1) is 83.3. The number of carbonyl (C=O) groups is 2. The topological polar surface area (TPSA) is 72.8 Å². The van der Waals surface area contributed by atoms with Crippen molar-refractivity contribution in [3.8, 4) is 0 Å². The second-order valence-corrected chi connectivity index (χ2v) is 26.1. The lowest BCUT2D eigenvalue weighted by atomic mass is 10.0. The minimum absolute atomic E-state index is 0.0601. The van der Waals surface area contributed by atoms with Gasteiger partial charge in [-0.15, -0.1) is 0 Å². The summed E-state index contributed by atoms with van der Waals surface area (Å²) in [5.74, 6) is -0.566. The average Bonchev–Trinajstić information content (AvgIpc) is 3.54. The van der Waals surface area contributed by atoms with E-state index in [2.05, 4.69) is 86.8 Å². The second-order valence-electron chi connectivity index (χ2n) is 26.1. The Bertz CT molecular complexity index is 1500. The molecule has 0 aromatic carbocycles. The first-order valence-corrected chi connectivity index (χ1v) is 38.5. The normalized spacial score (nSPS) is 12.5. The standard InChI is InChI=1S/C81H148O5/c1-3-5-7-9-11-13-15-17-19-21-23-25-27-29-31-33-35-36-37-38-39-40-41-42-43-44-46-48-50-52-54-56-58-60-62-64-66-68-70-72-74-76-81(84)86-79(77-82)78-85-80(83)75-73-71-69-67-65-63-61-59-57-55-53-51-49-47-45-34-32-30-28-26-24-22-20-18-16-14-12-10-8-6-4-2/h5,7,11,13,17,19,22-25,29,31,79,82H,3-4,6,8-10,12,14-16,18,20-21,26-28,30,32-78H2,1-2H3/b7-5-,13-11-,19-17-,24-22-,25-23-,31-29-. The van der Waals surface area contributed by atoms with Gasteiger partial charge in [-0.1, -0.05) is 389 Å². The van der Waals surface area contributed by atoms with E-state index in [9.17, 15) is 14.7 Å². The van der Waals surface area contributed by atoms with Crippen LogP contribution in [-0.2, 0) is 19.1 Å². The highest BCUT2D eigenvalue weighted by Crippen LogP contribution is 2.19. The van der Waals surface area contributed by atoms with Crippen molar-refractivity contribution in [1.29, 1.82) is 0 Å². The molecule has 0 amide bonds. The number of aliphatic hydroxyl groups excluding tert-OH is 1. The zero-order valence-electron chi connectivity index (χ0n) is 57.8. The Labute approximate surface area is 537 Å². The number of hydrogen-bond acceptors (Lipinski definition) is 5. The maximum Gasteiger partial charge on any atom is 0.306 e. The highest BCUT2D eigenvalue weighted by molar-refractivity contribution is 5.70. The van der Waals surface area contributed by atoms with E-state index in [0.29, 0.717) is 12.8 Å². The summed E-state index contributed by atoms with van der Waals surface area (Å²) < 4.78 is 10.8.